The van der Waals surface area contributed by atoms with Gasteiger partial charge >= 0.3 is 0 Å². The van der Waals surface area contributed by atoms with E-state index in [1.165, 1.54) is 0 Å². The topological polar surface area (TPSA) is 120 Å². The highest BCUT2D eigenvalue weighted by atomic mass is 16.2. The van der Waals surface area contributed by atoms with Crippen LogP contribution in [0.15, 0.2) is 36.4 Å². The summed E-state index contributed by atoms with van der Waals surface area (Å²) in [6, 6.07) is 11.1. The molecule has 1 aliphatic rings. The average molecular weight is 351 g/mol. The Morgan fingerprint density at radius 2 is 2.08 bits per heavy atom. The summed E-state index contributed by atoms with van der Waals surface area (Å²) >= 11 is 0. The minimum Gasteiger partial charge on any atom is -0.388 e. The Labute approximate surface area is 151 Å². The van der Waals surface area contributed by atoms with Crippen LogP contribution < -0.4 is 21.7 Å². The molecule has 0 radical (unpaired) electrons. The number of carbonyl (C=O) groups is 2. The van der Waals surface area contributed by atoms with Gasteiger partial charge in [-0.25, -0.2) is 0 Å². The van der Waals surface area contributed by atoms with Crippen LogP contribution in [-0.2, 0) is 9.59 Å². The zero-order valence-corrected chi connectivity index (χ0v) is 14.6. The van der Waals surface area contributed by atoms with Crippen molar-refractivity contribution in [2.24, 2.45) is 5.73 Å². The molecular weight excluding hydrogens is 330 g/mol. The number of nitrogens with one attached hydrogen (secondary N) is 4. The van der Waals surface area contributed by atoms with Crippen molar-refractivity contribution in [3.05, 3.63) is 42.0 Å². The number of anilines is 3. The van der Waals surface area contributed by atoms with Crippen molar-refractivity contribution in [3.63, 3.8) is 0 Å². The molecule has 0 bridgehead atoms. The third kappa shape index (κ3) is 3.23. The Hall–Kier alpha value is -3.35. The summed E-state index contributed by atoms with van der Waals surface area (Å²) in [4.78, 5) is 23.5. The summed E-state index contributed by atoms with van der Waals surface area (Å²) in [5.74, 6) is -0.827. The van der Waals surface area contributed by atoms with E-state index in [2.05, 4.69) is 16.0 Å². The van der Waals surface area contributed by atoms with Crippen molar-refractivity contribution in [3.8, 4) is 11.1 Å². The summed E-state index contributed by atoms with van der Waals surface area (Å²) in [6.07, 6.45) is 0.379. The molecule has 2 amide bonds. The normalized spacial score (nSPS) is 15.9. The zero-order chi connectivity index (χ0) is 18.8. The standard InChI is InChI=1S/C19H21N5O2/c1-10-8-16(25)24-15-5-3-4-12(18(15)23-10)11-6-7-14(22-2)13(9-11)17(20)19(21)26/h3-7,9-10,20,22-23H,8H2,1-2H3,(H2,21,26)(H,24,25)/t10-/m1/s1. The highest BCUT2D eigenvalue weighted by Gasteiger charge is 2.21. The van der Waals surface area contributed by atoms with Gasteiger partial charge in [-0.15, -0.1) is 0 Å². The maximum Gasteiger partial charge on any atom is 0.267 e. The second-order valence-corrected chi connectivity index (χ2v) is 6.28. The van der Waals surface area contributed by atoms with Crippen molar-refractivity contribution >= 4 is 34.6 Å². The predicted molar refractivity (Wildman–Crippen MR) is 104 cm³/mol. The monoisotopic (exact) mass is 351 g/mol. The van der Waals surface area contributed by atoms with Crippen molar-refractivity contribution in [2.75, 3.05) is 23.0 Å². The summed E-state index contributed by atoms with van der Waals surface area (Å²) < 4.78 is 0. The number of nitrogens with two attached hydrogens (primary N) is 1. The van der Waals surface area contributed by atoms with Crippen molar-refractivity contribution in [2.45, 2.75) is 19.4 Å². The number of benzene rings is 2. The molecule has 0 aromatic heterocycles. The molecule has 2 aromatic carbocycles. The Bertz CT molecular complexity index is 907. The summed E-state index contributed by atoms with van der Waals surface area (Å²) in [6.45, 7) is 1.95. The summed E-state index contributed by atoms with van der Waals surface area (Å²) in [7, 11) is 1.72. The van der Waals surface area contributed by atoms with E-state index in [-0.39, 0.29) is 17.7 Å². The highest BCUT2D eigenvalue weighted by molar-refractivity contribution is 6.44. The number of fused-ring (bicyclic) bond motifs is 1. The number of amides is 2. The molecule has 1 heterocycles. The molecule has 3 rings (SSSR count). The maximum atomic E-state index is 12.0. The molecular formula is C19H21N5O2. The first-order valence-corrected chi connectivity index (χ1v) is 8.31. The smallest absolute Gasteiger partial charge is 0.267 e. The molecule has 0 spiro atoms. The van der Waals surface area contributed by atoms with E-state index < -0.39 is 5.91 Å². The van der Waals surface area contributed by atoms with E-state index in [9.17, 15) is 9.59 Å². The number of hydrogen-bond donors (Lipinski definition) is 5. The minimum absolute atomic E-state index is 0.0163. The molecule has 0 saturated heterocycles. The van der Waals surface area contributed by atoms with E-state index in [1.807, 2.05) is 31.2 Å². The van der Waals surface area contributed by atoms with Crippen LogP contribution in [0.2, 0.25) is 0 Å². The first-order chi connectivity index (χ1) is 12.4. The van der Waals surface area contributed by atoms with Crippen molar-refractivity contribution in [1.82, 2.24) is 0 Å². The molecule has 0 unspecified atom stereocenters. The van der Waals surface area contributed by atoms with Gasteiger partial charge in [0.15, 0.2) is 0 Å². The zero-order valence-electron chi connectivity index (χ0n) is 14.6. The molecule has 26 heavy (non-hydrogen) atoms. The number of para-hydroxylation sites is 1. The molecule has 6 N–H and O–H groups in total. The van der Waals surface area contributed by atoms with Gasteiger partial charge in [-0.1, -0.05) is 18.2 Å². The Morgan fingerprint density at radius 1 is 1.31 bits per heavy atom. The summed E-state index contributed by atoms with van der Waals surface area (Å²) in [5, 5.41) is 17.2. The molecule has 7 nitrogen and oxygen atoms in total. The Kier molecular flexibility index (Phi) is 4.62. The lowest BCUT2D eigenvalue weighted by Gasteiger charge is -2.18. The molecule has 2 aromatic rings. The molecule has 1 atom stereocenters. The van der Waals surface area contributed by atoms with Gasteiger partial charge in [0.25, 0.3) is 5.91 Å². The molecule has 7 heteroatoms. The first-order valence-electron chi connectivity index (χ1n) is 8.31. The van der Waals surface area contributed by atoms with E-state index in [4.69, 9.17) is 11.1 Å². The SMILES string of the molecule is CNc1ccc(-c2cccc3c2N[C@H](C)CC(=O)N3)cc1C(=N)C(N)=O. The fraction of sp³-hybridized carbons (Fsp3) is 0.211. The number of primary amides is 1. The Morgan fingerprint density at radius 3 is 2.77 bits per heavy atom. The van der Waals surface area contributed by atoms with Gasteiger partial charge in [-0.05, 0) is 30.7 Å². The third-order valence-corrected chi connectivity index (χ3v) is 4.34. The second-order valence-electron chi connectivity index (χ2n) is 6.28. The van der Waals surface area contributed by atoms with Crippen LogP contribution >= 0.6 is 0 Å². The van der Waals surface area contributed by atoms with Crippen LogP contribution in [0.1, 0.15) is 18.9 Å². The van der Waals surface area contributed by atoms with E-state index >= 15 is 0 Å². The average Bonchev–Trinajstić information content (AvgIpc) is 2.76. The highest BCUT2D eigenvalue weighted by Crippen LogP contribution is 2.37. The molecule has 134 valence electrons. The predicted octanol–water partition coefficient (Wildman–Crippen LogP) is 2.39. The van der Waals surface area contributed by atoms with Gasteiger partial charge in [0.05, 0.1) is 11.4 Å². The quantitative estimate of drug-likeness (QED) is 0.543. The lowest BCUT2D eigenvalue weighted by molar-refractivity contribution is -0.116. The fourth-order valence-corrected chi connectivity index (χ4v) is 3.10. The Balaban J connectivity index is 2.15. The van der Waals surface area contributed by atoms with Crippen LogP contribution in [0.4, 0.5) is 17.1 Å². The molecule has 0 fully saturated rings. The van der Waals surface area contributed by atoms with Crippen molar-refractivity contribution in [1.29, 1.82) is 5.41 Å². The molecule has 0 aliphatic carbocycles. The third-order valence-electron chi connectivity index (χ3n) is 4.34. The molecule has 0 saturated carbocycles. The van der Waals surface area contributed by atoms with Gasteiger partial charge in [0.1, 0.15) is 5.71 Å². The number of carbonyl (C=O) groups excluding carboxylic acids is 2. The lowest BCUT2D eigenvalue weighted by atomic mass is 9.97. The van der Waals surface area contributed by atoms with Crippen LogP contribution in [-0.4, -0.2) is 30.6 Å². The lowest BCUT2D eigenvalue weighted by Crippen LogP contribution is -2.24. The molecule has 1 aliphatic heterocycles. The van der Waals surface area contributed by atoms with Crippen LogP contribution in [0.25, 0.3) is 11.1 Å². The largest absolute Gasteiger partial charge is 0.388 e. The van der Waals surface area contributed by atoms with Crippen molar-refractivity contribution < 1.29 is 9.59 Å². The minimum atomic E-state index is -0.787. The van der Waals surface area contributed by atoms with E-state index in [1.54, 1.807) is 19.2 Å². The van der Waals surface area contributed by atoms with Gasteiger partial charge in [-0.3, -0.25) is 15.0 Å². The van der Waals surface area contributed by atoms with E-state index in [0.717, 1.165) is 16.8 Å². The first kappa shape index (κ1) is 17.5. The van der Waals surface area contributed by atoms with Gasteiger partial charge in [0.2, 0.25) is 5.91 Å². The van der Waals surface area contributed by atoms with Crippen LogP contribution in [0.5, 0.6) is 0 Å². The fourth-order valence-electron chi connectivity index (χ4n) is 3.10. The number of rotatable bonds is 4. The van der Waals surface area contributed by atoms with Crippen LogP contribution in [0, 0.1) is 5.41 Å². The van der Waals surface area contributed by atoms with E-state index in [0.29, 0.717) is 23.4 Å². The van der Waals surface area contributed by atoms with Crippen LogP contribution in [0.3, 0.4) is 0 Å². The summed E-state index contributed by atoms with van der Waals surface area (Å²) in [5.41, 5.74) is 9.33. The number of hydrogen-bond acceptors (Lipinski definition) is 5. The second kappa shape index (κ2) is 6.87. The van der Waals surface area contributed by atoms with Gasteiger partial charge in [0, 0.05) is 36.3 Å². The van der Waals surface area contributed by atoms with Gasteiger partial charge in [-0.2, -0.15) is 0 Å². The van der Waals surface area contributed by atoms with Gasteiger partial charge < -0.3 is 21.7 Å². The maximum absolute atomic E-state index is 12.0.